The highest BCUT2D eigenvalue weighted by molar-refractivity contribution is 6.30. The number of aromatic nitrogens is 3. The van der Waals surface area contributed by atoms with Crippen molar-refractivity contribution in [2.24, 2.45) is 0 Å². The van der Waals surface area contributed by atoms with Crippen LogP contribution in [-0.2, 0) is 17.9 Å². The van der Waals surface area contributed by atoms with Crippen molar-refractivity contribution in [1.29, 1.82) is 0 Å². The van der Waals surface area contributed by atoms with Crippen LogP contribution in [0.2, 0.25) is 5.02 Å². The summed E-state index contributed by atoms with van der Waals surface area (Å²) in [7, 11) is 0. The molecule has 1 fully saturated rings. The first kappa shape index (κ1) is 16.0. The minimum atomic E-state index is 0.145. The Balaban J connectivity index is 1.61. The SMILES string of the molecule is O=C1CC[C@@H](CN(CCn2cc(Cl)cn2)Cc2ccccn2)N1. The van der Waals surface area contributed by atoms with Gasteiger partial charge in [-0.15, -0.1) is 0 Å². The molecule has 2 aromatic heterocycles. The number of hydrogen-bond donors (Lipinski definition) is 1. The van der Waals surface area contributed by atoms with Gasteiger partial charge in [0.1, 0.15) is 0 Å². The fraction of sp³-hybridized carbons (Fsp3) is 0.438. The molecule has 0 unspecified atom stereocenters. The molecule has 3 rings (SSSR count). The molecule has 1 saturated heterocycles. The van der Waals surface area contributed by atoms with Gasteiger partial charge in [-0.3, -0.25) is 19.4 Å². The molecule has 6 nitrogen and oxygen atoms in total. The zero-order valence-corrected chi connectivity index (χ0v) is 13.6. The van der Waals surface area contributed by atoms with E-state index in [4.69, 9.17) is 11.6 Å². The number of pyridine rings is 1. The first-order valence-corrected chi connectivity index (χ1v) is 8.16. The van der Waals surface area contributed by atoms with E-state index in [0.29, 0.717) is 11.4 Å². The van der Waals surface area contributed by atoms with E-state index in [1.165, 1.54) is 0 Å². The Morgan fingerprint density at radius 3 is 3.00 bits per heavy atom. The quantitative estimate of drug-likeness (QED) is 0.838. The number of nitrogens with zero attached hydrogens (tertiary/aromatic N) is 4. The zero-order chi connectivity index (χ0) is 16.1. The van der Waals surface area contributed by atoms with Crippen molar-refractivity contribution in [3.8, 4) is 0 Å². The van der Waals surface area contributed by atoms with Gasteiger partial charge < -0.3 is 5.32 Å². The van der Waals surface area contributed by atoms with Crippen molar-refractivity contribution >= 4 is 17.5 Å². The van der Waals surface area contributed by atoms with Gasteiger partial charge >= 0.3 is 0 Å². The van der Waals surface area contributed by atoms with Crippen LogP contribution < -0.4 is 5.32 Å². The van der Waals surface area contributed by atoms with E-state index in [1.807, 2.05) is 29.1 Å². The van der Waals surface area contributed by atoms with E-state index in [-0.39, 0.29) is 11.9 Å². The van der Waals surface area contributed by atoms with Crippen molar-refractivity contribution in [2.75, 3.05) is 13.1 Å². The van der Waals surface area contributed by atoms with Gasteiger partial charge in [-0.25, -0.2) is 0 Å². The average Bonchev–Trinajstić information content (AvgIpc) is 3.14. The standard InChI is InChI=1S/C16H20ClN5O/c17-13-9-19-22(10-13)8-7-21(11-14-3-1-2-6-18-14)12-15-4-5-16(23)20-15/h1-3,6,9-10,15H,4-5,7-8,11-12H2,(H,20,23)/t15-/m0/s1. The van der Waals surface area contributed by atoms with Gasteiger partial charge in [-0.2, -0.15) is 5.10 Å². The second-order valence-electron chi connectivity index (χ2n) is 5.78. The Kier molecular flexibility index (Phi) is 5.25. The summed E-state index contributed by atoms with van der Waals surface area (Å²) < 4.78 is 1.83. The van der Waals surface area contributed by atoms with E-state index >= 15 is 0 Å². The average molecular weight is 334 g/mol. The Bertz CT molecular complexity index is 645. The Morgan fingerprint density at radius 1 is 1.43 bits per heavy atom. The third-order valence-electron chi connectivity index (χ3n) is 3.92. The molecule has 0 aliphatic carbocycles. The Labute approximate surface area is 140 Å². The first-order valence-electron chi connectivity index (χ1n) is 7.78. The number of halogens is 1. The second-order valence-corrected chi connectivity index (χ2v) is 6.22. The molecule has 122 valence electrons. The lowest BCUT2D eigenvalue weighted by atomic mass is 10.2. The number of nitrogens with one attached hydrogen (secondary N) is 1. The van der Waals surface area contributed by atoms with Crippen LogP contribution in [0.3, 0.4) is 0 Å². The van der Waals surface area contributed by atoms with Crippen LogP contribution in [-0.4, -0.2) is 44.7 Å². The maximum Gasteiger partial charge on any atom is 0.220 e. The van der Waals surface area contributed by atoms with Crippen LogP contribution in [0.1, 0.15) is 18.5 Å². The molecule has 0 saturated carbocycles. The van der Waals surface area contributed by atoms with Crippen LogP contribution in [0.25, 0.3) is 0 Å². The van der Waals surface area contributed by atoms with Crippen LogP contribution in [0.5, 0.6) is 0 Å². The molecule has 2 aromatic rings. The molecule has 1 aliphatic rings. The van der Waals surface area contributed by atoms with Crippen molar-refractivity contribution in [1.82, 2.24) is 25.0 Å². The van der Waals surface area contributed by atoms with Crippen molar-refractivity contribution < 1.29 is 4.79 Å². The lowest BCUT2D eigenvalue weighted by Crippen LogP contribution is -2.40. The van der Waals surface area contributed by atoms with E-state index in [2.05, 4.69) is 20.3 Å². The molecule has 0 bridgehead atoms. The van der Waals surface area contributed by atoms with E-state index in [9.17, 15) is 4.79 Å². The summed E-state index contributed by atoms with van der Waals surface area (Å²) in [6, 6.07) is 6.14. The topological polar surface area (TPSA) is 63.1 Å². The fourth-order valence-electron chi connectivity index (χ4n) is 2.79. The number of carbonyl (C=O) groups excluding carboxylic acids is 1. The number of hydrogen-bond acceptors (Lipinski definition) is 4. The number of amides is 1. The fourth-order valence-corrected chi connectivity index (χ4v) is 2.94. The van der Waals surface area contributed by atoms with Crippen molar-refractivity contribution in [3.63, 3.8) is 0 Å². The van der Waals surface area contributed by atoms with Crippen LogP contribution in [0.15, 0.2) is 36.8 Å². The van der Waals surface area contributed by atoms with Gasteiger partial charge in [0.05, 0.1) is 23.5 Å². The van der Waals surface area contributed by atoms with Gasteiger partial charge in [0, 0.05) is 44.5 Å². The third kappa shape index (κ3) is 4.77. The molecule has 7 heteroatoms. The summed E-state index contributed by atoms with van der Waals surface area (Å²) in [5, 5.41) is 7.88. The largest absolute Gasteiger partial charge is 0.352 e. The molecule has 0 radical (unpaired) electrons. The normalized spacial score (nSPS) is 17.7. The summed E-state index contributed by atoms with van der Waals surface area (Å²) in [5.74, 6) is 0.145. The number of rotatable bonds is 7. The lowest BCUT2D eigenvalue weighted by Gasteiger charge is -2.25. The lowest BCUT2D eigenvalue weighted by molar-refractivity contribution is -0.119. The first-order chi connectivity index (χ1) is 11.2. The number of carbonyl (C=O) groups is 1. The van der Waals surface area contributed by atoms with Crippen LogP contribution in [0.4, 0.5) is 0 Å². The highest BCUT2D eigenvalue weighted by Gasteiger charge is 2.23. The van der Waals surface area contributed by atoms with Crippen LogP contribution >= 0.6 is 11.6 Å². The van der Waals surface area contributed by atoms with Gasteiger partial charge in [-0.05, 0) is 18.6 Å². The molecule has 1 N–H and O–H groups in total. The maximum atomic E-state index is 11.4. The van der Waals surface area contributed by atoms with E-state index in [0.717, 1.165) is 38.3 Å². The molecule has 23 heavy (non-hydrogen) atoms. The molecule has 1 atom stereocenters. The maximum absolute atomic E-state index is 11.4. The summed E-state index contributed by atoms with van der Waals surface area (Å²) in [5.41, 5.74) is 1.02. The molecular formula is C16H20ClN5O. The van der Waals surface area contributed by atoms with E-state index < -0.39 is 0 Å². The van der Waals surface area contributed by atoms with E-state index in [1.54, 1.807) is 12.4 Å². The minimum absolute atomic E-state index is 0.145. The summed E-state index contributed by atoms with van der Waals surface area (Å²) >= 11 is 5.90. The molecule has 1 amide bonds. The highest BCUT2D eigenvalue weighted by atomic mass is 35.5. The van der Waals surface area contributed by atoms with Crippen LogP contribution in [0, 0.1) is 0 Å². The van der Waals surface area contributed by atoms with Gasteiger partial charge in [0.2, 0.25) is 5.91 Å². The summed E-state index contributed by atoms with van der Waals surface area (Å²) in [4.78, 5) is 18.1. The smallest absolute Gasteiger partial charge is 0.220 e. The molecule has 0 spiro atoms. The molecule has 0 aromatic carbocycles. The summed E-state index contributed by atoms with van der Waals surface area (Å²) in [6.45, 7) is 3.14. The Hall–Kier alpha value is -1.92. The summed E-state index contributed by atoms with van der Waals surface area (Å²) in [6.07, 6.45) is 6.78. The third-order valence-corrected chi connectivity index (χ3v) is 4.12. The van der Waals surface area contributed by atoms with Crippen molar-refractivity contribution in [2.45, 2.75) is 32.0 Å². The predicted molar refractivity (Wildman–Crippen MR) is 87.9 cm³/mol. The molecule has 1 aliphatic heterocycles. The molecular weight excluding hydrogens is 314 g/mol. The van der Waals surface area contributed by atoms with Crippen molar-refractivity contribution in [3.05, 3.63) is 47.5 Å². The van der Waals surface area contributed by atoms with Gasteiger partial charge in [0.15, 0.2) is 0 Å². The van der Waals surface area contributed by atoms with Gasteiger partial charge in [0.25, 0.3) is 0 Å². The minimum Gasteiger partial charge on any atom is -0.352 e. The Morgan fingerprint density at radius 2 is 2.35 bits per heavy atom. The van der Waals surface area contributed by atoms with Gasteiger partial charge in [-0.1, -0.05) is 17.7 Å². The monoisotopic (exact) mass is 333 g/mol. The highest BCUT2D eigenvalue weighted by Crippen LogP contribution is 2.11. The molecule has 3 heterocycles. The predicted octanol–water partition coefficient (Wildman–Crippen LogP) is 1.71. The zero-order valence-electron chi connectivity index (χ0n) is 12.9. The second kappa shape index (κ2) is 7.57.